The second-order valence-corrected chi connectivity index (χ2v) is 2.55. The number of amides is 1. The van der Waals surface area contributed by atoms with E-state index in [1.807, 2.05) is 0 Å². The van der Waals surface area contributed by atoms with Gasteiger partial charge in [-0.15, -0.1) is 0 Å². The fourth-order valence-corrected chi connectivity index (χ4v) is 0.786. The molecule has 1 amide bonds. The van der Waals surface area contributed by atoms with E-state index in [0.717, 1.165) is 13.0 Å². The molecular formula is C8H17NO3. The summed E-state index contributed by atoms with van der Waals surface area (Å²) in [5.41, 5.74) is 0. The summed E-state index contributed by atoms with van der Waals surface area (Å²) in [5.74, 6) is 0. The average molecular weight is 175 g/mol. The van der Waals surface area contributed by atoms with Gasteiger partial charge >= 0.3 is 6.09 Å². The van der Waals surface area contributed by atoms with Crippen LogP contribution < -0.4 is 5.32 Å². The molecule has 0 atom stereocenters. The van der Waals surface area contributed by atoms with E-state index in [1.54, 1.807) is 0 Å². The van der Waals surface area contributed by atoms with E-state index in [4.69, 9.17) is 9.84 Å². The highest BCUT2D eigenvalue weighted by atomic mass is 16.5. The highest BCUT2D eigenvalue weighted by Gasteiger charge is 1.92. The third-order valence-corrected chi connectivity index (χ3v) is 1.41. The van der Waals surface area contributed by atoms with Gasteiger partial charge in [0.1, 0.15) is 0 Å². The highest BCUT2D eigenvalue weighted by molar-refractivity contribution is 5.64. The van der Waals surface area contributed by atoms with Crippen molar-refractivity contribution in [3.05, 3.63) is 0 Å². The number of unbranched alkanes of at least 4 members (excludes halogenated alkanes) is 2. The van der Waals surface area contributed by atoms with Gasteiger partial charge in [-0.25, -0.2) is 4.79 Å². The summed E-state index contributed by atoms with van der Waals surface area (Å²) in [7, 11) is 0. The molecule has 0 bridgehead atoms. The van der Waals surface area contributed by atoms with Crippen LogP contribution >= 0.6 is 0 Å². The highest BCUT2D eigenvalue weighted by Crippen LogP contribution is 1.93. The topological polar surface area (TPSA) is 58.6 Å². The van der Waals surface area contributed by atoms with Gasteiger partial charge in [0, 0.05) is 13.2 Å². The standard InChI is InChI=1S/C8H17NO3/c1-2-3-4-6-12-7-5-9-8(10)11/h9H,2-7H2,1H3,(H,10,11). The molecular weight excluding hydrogens is 158 g/mol. The molecule has 0 aliphatic heterocycles. The first kappa shape index (κ1) is 11.2. The van der Waals surface area contributed by atoms with Crippen molar-refractivity contribution in [2.24, 2.45) is 0 Å². The first-order valence-corrected chi connectivity index (χ1v) is 4.32. The zero-order chi connectivity index (χ0) is 9.23. The molecule has 4 nitrogen and oxygen atoms in total. The van der Waals surface area contributed by atoms with Crippen molar-refractivity contribution in [1.29, 1.82) is 0 Å². The maximum absolute atomic E-state index is 9.97. The largest absolute Gasteiger partial charge is 0.465 e. The van der Waals surface area contributed by atoms with E-state index in [0.29, 0.717) is 13.2 Å². The van der Waals surface area contributed by atoms with Crippen LogP contribution in [-0.2, 0) is 4.74 Å². The van der Waals surface area contributed by atoms with Crippen LogP contribution in [-0.4, -0.2) is 31.0 Å². The van der Waals surface area contributed by atoms with Gasteiger partial charge in [0.05, 0.1) is 6.61 Å². The zero-order valence-corrected chi connectivity index (χ0v) is 7.51. The number of carboxylic acid groups (broad SMARTS) is 1. The maximum Gasteiger partial charge on any atom is 0.404 e. The first-order chi connectivity index (χ1) is 5.77. The predicted octanol–water partition coefficient (Wildman–Crippen LogP) is 1.46. The smallest absolute Gasteiger partial charge is 0.404 e. The van der Waals surface area contributed by atoms with Crippen LogP contribution in [0.2, 0.25) is 0 Å². The molecule has 0 saturated heterocycles. The molecule has 4 heteroatoms. The summed E-state index contributed by atoms with van der Waals surface area (Å²) < 4.78 is 5.16. The Kier molecular flexibility index (Phi) is 7.79. The van der Waals surface area contributed by atoms with Crippen LogP contribution in [0.25, 0.3) is 0 Å². The molecule has 0 aromatic heterocycles. The van der Waals surface area contributed by atoms with E-state index in [1.165, 1.54) is 12.8 Å². The van der Waals surface area contributed by atoms with Crippen LogP contribution in [0.4, 0.5) is 4.79 Å². The molecule has 0 aliphatic carbocycles. The average Bonchev–Trinajstić information content (AvgIpc) is 2.02. The number of rotatable bonds is 7. The number of carbonyl (C=O) groups is 1. The molecule has 0 heterocycles. The fraction of sp³-hybridized carbons (Fsp3) is 0.875. The third kappa shape index (κ3) is 9.23. The third-order valence-electron chi connectivity index (χ3n) is 1.41. The monoisotopic (exact) mass is 175 g/mol. The first-order valence-electron chi connectivity index (χ1n) is 4.32. The van der Waals surface area contributed by atoms with Gasteiger partial charge in [0.2, 0.25) is 0 Å². The Morgan fingerprint density at radius 2 is 2.17 bits per heavy atom. The van der Waals surface area contributed by atoms with Gasteiger partial charge in [-0.05, 0) is 6.42 Å². The Bertz CT molecular complexity index is 117. The summed E-state index contributed by atoms with van der Waals surface area (Å²) in [6, 6.07) is 0. The van der Waals surface area contributed by atoms with Crippen LogP contribution in [0.3, 0.4) is 0 Å². The normalized spacial score (nSPS) is 9.75. The summed E-state index contributed by atoms with van der Waals surface area (Å²) in [5, 5.41) is 10.4. The second-order valence-electron chi connectivity index (χ2n) is 2.55. The maximum atomic E-state index is 9.97. The number of nitrogens with one attached hydrogen (secondary N) is 1. The molecule has 0 spiro atoms. The quantitative estimate of drug-likeness (QED) is 0.576. The van der Waals surface area contributed by atoms with Gasteiger partial charge in [-0.2, -0.15) is 0 Å². The molecule has 0 radical (unpaired) electrons. The van der Waals surface area contributed by atoms with Gasteiger partial charge in [-0.1, -0.05) is 19.8 Å². The fourth-order valence-electron chi connectivity index (χ4n) is 0.786. The molecule has 12 heavy (non-hydrogen) atoms. The minimum absolute atomic E-state index is 0.376. The lowest BCUT2D eigenvalue weighted by molar-refractivity contribution is 0.129. The van der Waals surface area contributed by atoms with E-state index in [-0.39, 0.29) is 0 Å². The summed E-state index contributed by atoms with van der Waals surface area (Å²) >= 11 is 0. The van der Waals surface area contributed by atoms with E-state index < -0.39 is 6.09 Å². The van der Waals surface area contributed by atoms with Gasteiger partial charge in [0.25, 0.3) is 0 Å². The molecule has 72 valence electrons. The van der Waals surface area contributed by atoms with Crippen LogP contribution in [0.5, 0.6) is 0 Å². The Morgan fingerprint density at radius 1 is 1.42 bits per heavy atom. The second kappa shape index (κ2) is 8.33. The van der Waals surface area contributed by atoms with E-state index in [2.05, 4.69) is 12.2 Å². The molecule has 0 fully saturated rings. The van der Waals surface area contributed by atoms with E-state index in [9.17, 15) is 4.79 Å². The van der Waals surface area contributed by atoms with Crippen LogP contribution in [0, 0.1) is 0 Å². The summed E-state index contributed by atoms with van der Waals surface area (Å²) in [6.45, 7) is 3.71. The van der Waals surface area contributed by atoms with Crippen molar-refractivity contribution >= 4 is 6.09 Å². The van der Waals surface area contributed by atoms with Crippen molar-refractivity contribution < 1.29 is 14.6 Å². The molecule has 0 aromatic carbocycles. The van der Waals surface area contributed by atoms with Crippen molar-refractivity contribution in [3.8, 4) is 0 Å². The Morgan fingerprint density at radius 3 is 2.75 bits per heavy atom. The predicted molar refractivity (Wildman–Crippen MR) is 46.4 cm³/mol. The van der Waals surface area contributed by atoms with Crippen molar-refractivity contribution in [2.75, 3.05) is 19.8 Å². The van der Waals surface area contributed by atoms with E-state index >= 15 is 0 Å². The lowest BCUT2D eigenvalue weighted by atomic mass is 10.3. The number of ether oxygens (including phenoxy) is 1. The number of hydrogen-bond donors (Lipinski definition) is 2. The lowest BCUT2D eigenvalue weighted by Crippen LogP contribution is -2.25. The van der Waals surface area contributed by atoms with Gasteiger partial charge in [-0.3, -0.25) is 0 Å². The van der Waals surface area contributed by atoms with Crippen molar-refractivity contribution in [3.63, 3.8) is 0 Å². The summed E-state index contributed by atoms with van der Waals surface area (Å²) in [4.78, 5) is 9.97. The molecule has 2 N–H and O–H groups in total. The van der Waals surface area contributed by atoms with Gasteiger partial charge < -0.3 is 15.2 Å². The molecule has 0 aromatic rings. The minimum atomic E-state index is -0.993. The minimum Gasteiger partial charge on any atom is -0.465 e. The molecule has 0 aliphatic rings. The molecule has 0 rings (SSSR count). The molecule has 0 unspecified atom stereocenters. The summed E-state index contributed by atoms with van der Waals surface area (Å²) in [6.07, 6.45) is 2.42. The SMILES string of the molecule is CCCCCOCCNC(=O)O. The lowest BCUT2D eigenvalue weighted by Gasteiger charge is -2.02. The van der Waals surface area contributed by atoms with Gasteiger partial charge in [0.15, 0.2) is 0 Å². The van der Waals surface area contributed by atoms with Crippen molar-refractivity contribution in [2.45, 2.75) is 26.2 Å². The molecule has 0 saturated carbocycles. The Labute approximate surface area is 72.9 Å². The Balaban J connectivity index is 2.86. The van der Waals surface area contributed by atoms with Crippen LogP contribution in [0.1, 0.15) is 26.2 Å². The van der Waals surface area contributed by atoms with Crippen molar-refractivity contribution in [1.82, 2.24) is 5.32 Å². The number of hydrogen-bond acceptors (Lipinski definition) is 2. The van der Waals surface area contributed by atoms with Crippen LogP contribution in [0.15, 0.2) is 0 Å². The Hall–Kier alpha value is -0.770. The zero-order valence-electron chi connectivity index (χ0n) is 7.51.